The van der Waals surface area contributed by atoms with Gasteiger partial charge in [0.25, 0.3) is 0 Å². The second kappa shape index (κ2) is 6.71. The van der Waals surface area contributed by atoms with Crippen molar-refractivity contribution in [1.82, 2.24) is 10.4 Å². The van der Waals surface area contributed by atoms with Crippen LogP contribution in [0, 0.1) is 0 Å². The lowest BCUT2D eigenvalue weighted by atomic mass is 10.2. The van der Waals surface area contributed by atoms with E-state index >= 15 is 0 Å². The molecule has 1 heterocycles. The van der Waals surface area contributed by atoms with Gasteiger partial charge in [0.2, 0.25) is 0 Å². The molecular weight excluding hydrogens is 326 g/mol. The Morgan fingerprint density at radius 2 is 1.85 bits per heavy atom. The summed E-state index contributed by atoms with van der Waals surface area (Å²) in [6, 6.07) is 4.20. The van der Waals surface area contributed by atoms with E-state index in [9.17, 15) is 9.59 Å². The second-order valence-electron chi connectivity index (χ2n) is 4.65. The Morgan fingerprint density at radius 1 is 1.15 bits per heavy atom. The largest absolute Gasteiger partial charge is 0.478 e. The number of amides is 2. The van der Waals surface area contributed by atoms with Gasteiger partial charge in [-0.1, -0.05) is 22.4 Å². The van der Waals surface area contributed by atoms with Gasteiger partial charge < -0.3 is 10.4 Å². The van der Waals surface area contributed by atoms with E-state index in [1.54, 1.807) is 6.07 Å². The first-order chi connectivity index (χ1) is 9.54. The van der Waals surface area contributed by atoms with Gasteiger partial charge >= 0.3 is 12.0 Å². The number of hydrazine groups is 1. The fourth-order valence-corrected chi connectivity index (χ4v) is 2.59. The molecule has 0 aromatic heterocycles. The SMILES string of the molecule is O=C(Nc1cc(Br)cc(C(=O)O)c1)NN1CCCCC1. The van der Waals surface area contributed by atoms with Crippen molar-refractivity contribution in [1.29, 1.82) is 0 Å². The summed E-state index contributed by atoms with van der Waals surface area (Å²) in [5.41, 5.74) is 3.31. The first kappa shape index (κ1) is 14.8. The lowest BCUT2D eigenvalue weighted by molar-refractivity contribution is 0.0696. The van der Waals surface area contributed by atoms with Gasteiger partial charge in [-0.25, -0.2) is 14.6 Å². The molecule has 2 rings (SSSR count). The van der Waals surface area contributed by atoms with E-state index in [1.807, 2.05) is 5.01 Å². The number of carbonyl (C=O) groups is 2. The molecule has 1 fully saturated rings. The number of hydrogen-bond acceptors (Lipinski definition) is 3. The number of anilines is 1. The highest BCUT2D eigenvalue weighted by molar-refractivity contribution is 9.10. The van der Waals surface area contributed by atoms with Crippen LogP contribution in [0.1, 0.15) is 29.6 Å². The fourth-order valence-electron chi connectivity index (χ4n) is 2.09. The maximum Gasteiger partial charge on any atom is 0.335 e. The van der Waals surface area contributed by atoms with E-state index in [1.165, 1.54) is 18.6 Å². The molecule has 6 nitrogen and oxygen atoms in total. The van der Waals surface area contributed by atoms with Gasteiger partial charge in [-0.2, -0.15) is 0 Å². The molecule has 0 atom stereocenters. The molecule has 1 aromatic rings. The quantitative estimate of drug-likeness (QED) is 0.789. The van der Waals surface area contributed by atoms with Crippen LogP contribution in [0.2, 0.25) is 0 Å². The Morgan fingerprint density at radius 3 is 2.50 bits per heavy atom. The third kappa shape index (κ3) is 4.21. The third-order valence-corrected chi connectivity index (χ3v) is 3.48. The number of carboxylic acid groups (broad SMARTS) is 1. The molecule has 0 unspecified atom stereocenters. The van der Waals surface area contributed by atoms with Crippen molar-refractivity contribution in [2.24, 2.45) is 0 Å². The molecule has 3 N–H and O–H groups in total. The number of urea groups is 1. The van der Waals surface area contributed by atoms with Crippen LogP contribution < -0.4 is 10.7 Å². The van der Waals surface area contributed by atoms with Gasteiger partial charge in [0.15, 0.2) is 0 Å². The van der Waals surface area contributed by atoms with Crippen molar-refractivity contribution < 1.29 is 14.7 Å². The van der Waals surface area contributed by atoms with E-state index in [2.05, 4.69) is 26.7 Å². The molecule has 1 aliphatic rings. The molecule has 108 valence electrons. The van der Waals surface area contributed by atoms with Crippen molar-refractivity contribution in [3.8, 4) is 0 Å². The summed E-state index contributed by atoms with van der Waals surface area (Å²) in [6.07, 6.45) is 3.33. The zero-order chi connectivity index (χ0) is 14.5. The zero-order valence-electron chi connectivity index (χ0n) is 10.9. The number of halogens is 1. The van der Waals surface area contributed by atoms with Gasteiger partial charge in [0.1, 0.15) is 0 Å². The Kier molecular flexibility index (Phi) is 4.97. The summed E-state index contributed by atoms with van der Waals surface area (Å²) in [5, 5.41) is 13.5. The highest BCUT2D eigenvalue weighted by Gasteiger charge is 2.13. The number of nitrogens with zero attached hydrogens (tertiary/aromatic N) is 1. The van der Waals surface area contributed by atoms with Crippen LogP contribution in [0.15, 0.2) is 22.7 Å². The summed E-state index contributed by atoms with van der Waals surface area (Å²) >= 11 is 3.22. The molecule has 7 heteroatoms. The molecule has 1 aliphatic heterocycles. The van der Waals surface area contributed by atoms with E-state index in [4.69, 9.17) is 5.11 Å². The molecule has 0 aliphatic carbocycles. The van der Waals surface area contributed by atoms with Crippen molar-refractivity contribution in [3.05, 3.63) is 28.2 Å². The van der Waals surface area contributed by atoms with Crippen LogP contribution in [0.3, 0.4) is 0 Å². The molecule has 0 spiro atoms. The lowest BCUT2D eigenvalue weighted by Crippen LogP contribution is -2.46. The van der Waals surface area contributed by atoms with Gasteiger partial charge in [-0.05, 0) is 31.0 Å². The maximum absolute atomic E-state index is 11.8. The summed E-state index contributed by atoms with van der Waals surface area (Å²) < 4.78 is 0.602. The minimum absolute atomic E-state index is 0.118. The maximum atomic E-state index is 11.8. The van der Waals surface area contributed by atoms with Crippen LogP contribution in [0.4, 0.5) is 10.5 Å². The highest BCUT2D eigenvalue weighted by Crippen LogP contribution is 2.19. The summed E-state index contributed by atoms with van der Waals surface area (Å²) in [5.74, 6) is -1.04. The van der Waals surface area contributed by atoms with Crippen molar-refractivity contribution in [3.63, 3.8) is 0 Å². The van der Waals surface area contributed by atoms with E-state index in [0.29, 0.717) is 10.2 Å². The summed E-state index contributed by atoms with van der Waals surface area (Å²) in [4.78, 5) is 22.8. The first-order valence-electron chi connectivity index (χ1n) is 6.41. The highest BCUT2D eigenvalue weighted by atomic mass is 79.9. The van der Waals surface area contributed by atoms with E-state index in [0.717, 1.165) is 25.9 Å². The zero-order valence-corrected chi connectivity index (χ0v) is 12.4. The molecule has 0 radical (unpaired) electrons. The number of piperidine rings is 1. The first-order valence-corrected chi connectivity index (χ1v) is 7.20. The Labute approximate surface area is 125 Å². The minimum atomic E-state index is -1.04. The molecule has 0 bridgehead atoms. The van der Waals surface area contributed by atoms with Crippen LogP contribution in [-0.4, -0.2) is 35.2 Å². The normalized spacial score (nSPS) is 15.7. The van der Waals surface area contributed by atoms with Gasteiger partial charge in [-0.15, -0.1) is 0 Å². The standard InChI is InChI=1S/C13H16BrN3O3/c14-10-6-9(12(18)19)7-11(8-10)15-13(20)16-17-4-2-1-3-5-17/h6-8H,1-5H2,(H,18,19)(H2,15,16,20). The van der Waals surface area contributed by atoms with Crippen molar-refractivity contribution in [2.45, 2.75) is 19.3 Å². The van der Waals surface area contributed by atoms with Crippen molar-refractivity contribution in [2.75, 3.05) is 18.4 Å². The summed E-state index contributed by atoms with van der Waals surface area (Å²) in [6.45, 7) is 1.68. The van der Waals surface area contributed by atoms with Crippen LogP contribution >= 0.6 is 15.9 Å². The van der Waals surface area contributed by atoms with Gasteiger partial charge in [0.05, 0.1) is 5.56 Å². The molecule has 20 heavy (non-hydrogen) atoms. The summed E-state index contributed by atoms with van der Waals surface area (Å²) in [7, 11) is 0. The Bertz CT molecular complexity index is 516. The number of benzene rings is 1. The second-order valence-corrected chi connectivity index (χ2v) is 5.56. The van der Waals surface area contributed by atoms with E-state index in [-0.39, 0.29) is 11.6 Å². The van der Waals surface area contributed by atoms with Crippen LogP contribution in [0.25, 0.3) is 0 Å². The topological polar surface area (TPSA) is 81.7 Å². The predicted octanol–water partition coefficient (Wildman–Crippen LogP) is 2.67. The van der Waals surface area contributed by atoms with E-state index < -0.39 is 5.97 Å². The molecule has 0 saturated carbocycles. The molecular formula is C13H16BrN3O3. The smallest absolute Gasteiger partial charge is 0.335 e. The number of carboxylic acids is 1. The minimum Gasteiger partial charge on any atom is -0.478 e. The van der Waals surface area contributed by atoms with Crippen LogP contribution in [0.5, 0.6) is 0 Å². The monoisotopic (exact) mass is 341 g/mol. The van der Waals surface area contributed by atoms with Crippen molar-refractivity contribution >= 4 is 33.6 Å². The Balaban J connectivity index is 1.98. The number of hydrogen-bond donors (Lipinski definition) is 3. The fraction of sp³-hybridized carbons (Fsp3) is 0.385. The van der Waals surface area contributed by atoms with Gasteiger partial charge in [-0.3, -0.25) is 5.43 Å². The molecule has 1 aromatic carbocycles. The van der Waals surface area contributed by atoms with Crippen LogP contribution in [-0.2, 0) is 0 Å². The molecule has 2 amide bonds. The lowest BCUT2D eigenvalue weighted by Gasteiger charge is -2.26. The number of aromatic carboxylic acids is 1. The third-order valence-electron chi connectivity index (χ3n) is 3.02. The number of carbonyl (C=O) groups excluding carboxylic acids is 1. The average molecular weight is 342 g/mol. The predicted molar refractivity (Wildman–Crippen MR) is 78.7 cm³/mol. The molecule has 1 saturated heterocycles. The Hall–Kier alpha value is -1.60. The number of nitrogens with one attached hydrogen (secondary N) is 2. The van der Waals surface area contributed by atoms with Gasteiger partial charge in [0, 0.05) is 23.2 Å². The average Bonchev–Trinajstić information content (AvgIpc) is 2.38. The number of rotatable bonds is 3.